The first kappa shape index (κ1) is 36.5. The zero-order valence-electron chi connectivity index (χ0n) is 35.0. The number of fused-ring (bicyclic) bond motifs is 9. The van der Waals surface area contributed by atoms with Gasteiger partial charge in [0, 0.05) is 43.7 Å². The van der Waals surface area contributed by atoms with Gasteiger partial charge in [-0.3, -0.25) is 0 Å². The minimum atomic E-state index is -2.68. The third-order valence-corrected chi connectivity index (χ3v) is 18.4. The smallest absolute Gasteiger partial charge is 0.179 e. The summed E-state index contributed by atoms with van der Waals surface area (Å²) >= 11 is 0. The molecule has 0 aliphatic rings. The van der Waals surface area contributed by atoms with Gasteiger partial charge in [0.1, 0.15) is 0 Å². The molecule has 0 spiro atoms. The van der Waals surface area contributed by atoms with E-state index in [1.54, 1.807) is 0 Å². The summed E-state index contributed by atoms with van der Waals surface area (Å²) in [6, 6.07) is 92.1. The molecule has 0 radical (unpaired) electrons. The van der Waals surface area contributed by atoms with Gasteiger partial charge in [-0.05, 0) is 81.4 Å². The van der Waals surface area contributed by atoms with Crippen LogP contribution in [0.2, 0.25) is 0 Å². The second-order valence-electron chi connectivity index (χ2n) is 16.8. The highest BCUT2D eigenvalue weighted by Crippen LogP contribution is 2.41. The summed E-state index contributed by atoms with van der Waals surface area (Å²) in [7, 11) is -2.68. The number of para-hydroxylation sites is 4. The molecule has 3 aromatic heterocycles. The van der Waals surface area contributed by atoms with Crippen LogP contribution in [0.15, 0.2) is 249 Å². The van der Waals surface area contributed by atoms with Crippen molar-refractivity contribution in [3.63, 3.8) is 0 Å². The van der Waals surface area contributed by atoms with Gasteiger partial charge in [-0.1, -0.05) is 188 Å². The molecule has 0 aliphatic carbocycles. The Morgan fingerprint density at radius 1 is 0.234 bits per heavy atom. The van der Waals surface area contributed by atoms with Crippen molar-refractivity contribution in [1.82, 2.24) is 13.7 Å². The Morgan fingerprint density at radius 2 is 0.609 bits per heavy atom. The van der Waals surface area contributed by atoms with Crippen LogP contribution in [0.4, 0.5) is 0 Å². The fourth-order valence-corrected chi connectivity index (χ4v) is 15.7. The van der Waals surface area contributed by atoms with Gasteiger partial charge in [-0.2, -0.15) is 0 Å². The number of benzene rings is 10. The van der Waals surface area contributed by atoms with E-state index in [-0.39, 0.29) is 0 Å². The predicted octanol–water partition coefficient (Wildman–Crippen LogP) is 12.4. The monoisotopic (exact) mass is 831 g/mol. The standard InChI is InChI=1S/C60H41N3Si/c1-4-19-44(20-5-1)64(45-21-6-2-7-22-45,46-23-8-3-9-24-46)47-38-35-42(36-39-47)61-53-29-14-10-27-50(53)51-40-37-43(41-59(51)61)62-56-32-17-13-28-52(56)60-57(62)33-18-34-58(60)63-54-30-15-11-25-48(54)49-26-12-16-31-55(49)63/h1-41H. The molecule has 0 N–H and O–H groups in total. The van der Waals surface area contributed by atoms with E-state index in [4.69, 9.17) is 0 Å². The van der Waals surface area contributed by atoms with Crippen LogP contribution in [0.1, 0.15) is 0 Å². The molecule has 0 saturated carbocycles. The summed E-state index contributed by atoms with van der Waals surface area (Å²) in [5, 5.41) is 12.9. The first-order chi connectivity index (χ1) is 31.8. The van der Waals surface area contributed by atoms with Gasteiger partial charge < -0.3 is 13.7 Å². The van der Waals surface area contributed by atoms with Crippen molar-refractivity contribution in [2.75, 3.05) is 0 Å². The molecule has 13 aromatic rings. The van der Waals surface area contributed by atoms with Crippen molar-refractivity contribution >= 4 is 94.2 Å². The third-order valence-electron chi connectivity index (χ3n) is 13.6. The minimum absolute atomic E-state index is 1.13. The lowest BCUT2D eigenvalue weighted by Crippen LogP contribution is -2.74. The van der Waals surface area contributed by atoms with E-state index < -0.39 is 8.07 Å². The summed E-state index contributed by atoms with van der Waals surface area (Å²) in [6.07, 6.45) is 0. The van der Waals surface area contributed by atoms with E-state index in [0.29, 0.717) is 0 Å². The lowest BCUT2D eigenvalue weighted by Gasteiger charge is -2.34. The maximum absolute atomic E-state index is 2.68. The predicted molar refractivity (Wildman–Crippen MR) is 273 cm³/mol. The zero-order chi connectivity index (χ0) is 42.2. The fourth-order valence-electron chi connectivity index (χ4n) is 10.9. The quantitative estimate of drug-likeness (QED) is 0.112. The molecule has 0 fully saturated rings. The summed E-state index contributed by atoms with van der Waals surface area (Å²) in [4.78, 5) is 0. The van der Waals surface area contributed by atoms with Crippen molar-refractivity contribution < 1.29 is 0 Å². The van der Waals surface area contributed by atoms with Crippen LogP contribution in [0, 0.1) is 0 Å². The highest BCUT2D eigenvalue weighted by atomic mass is 28.3. The van der Waals surface area contributed by atoms with E-state index in [1.807, 2.05) is 0 Å². The van der Waals surface area contributed by atoms with E-state index >= 15 is 0 Å². The van der Waals surface area contributed by atoms with Crippen LogP contribution in [0.3, 0.4) is 0 Å². The third kappa shape index (κ3) is 5.27. The Labute approximate surface area is 372 Å². The van der Waals surface area contributed by atoms with Crippen LogP contribution in [0.5, 0.6) is 0 Å². The Bertz CT molecular complexity index is 3730. The Morgan fingerprint density at radius 3 is 1.14 bits per heavy atom. The summed E-state index contributed by atoms with van der Waals surface area (Å²) in [5.41, 5.74) is 10.6. The van der Waals surface area contributed by atoms with Gasteiger partial charge in [0.05, 0.1) is 38.8 Å². The van der Waals surface area contributed by atoms with E-state index in [2.05, 4.69) is 262 Å². The Hall–Kier alpha value is -8.18. The average molecular weight is 832 g/mol. The first-order valence-electron chi connectivity index (χ1n) is 22.1. The molecule has 300 valence electrons. The molecule has 13 rings (SSSR count). The molecule has 10 aromatic carbocycles. The average Bonchev–Trinajstić information content (AvgIpc) is 4.01. The van der Waals surface area contributed by atoms with Crippen molar-refractivity contribution in [1.29, 1.82) is 0 Å². The van der Waals surface area contributed by atoms with Gasteiger partial charge >= 0.3 is 0 Å². The van der Waals surface area contributed by atoms with E-state index in [9.17, 15) is 0 Å². The molecule has 0 unspecified atom stereocenters. The van der Waals surface area contributed by atoms with Gasteiger partial charge in [0.15, 0.2) is 8.07 Å². The SMILES string of the molecule is c1ccc([Si](c2ccccc2)(c2ccccc2)c2ccc(-n3c4ccccc4c4ccc(-n5c6ccccc6c6c(-n7c8ccccc8c8ccccc87)cccc65)cc43)cc2)cc1. The van der Waals surface area contributed by atoms with Gasteiger partial charge in [-0.15, -0.1) is 0 Å². The molecule has 64 heavy (non-hydrogen) atoms. The number of hydrogen-bond acceptors (Lipinski definition) is 0. The maximum Gasteiger partial charge on any atom is 0.179 e. The molecular weight excluding hydrogens is 791 g/mol. The van der Waals surface area contributed by atoms with Crippen molar-refractivity contribution in [3.05, 3.63) is 249 Å². The number of rotatable bonds is 7. The summed E-state index contributed by atoms with van der Waals surface area (Å²) < 4.78 is 7.39. The summed E-state index contributed by atoms with van der Waals surface area (Å²) in [5.74, 6) is 0. The fraction of sp³-hybridized carbons (Fsp3) is 0. The molecule has 0 aliphatic heterocycles. The minimum Gasteiger partial charge on any atom is -0.309 e. The number of hydrogen-bond donors (Lipinski definition) is 0. The highest BCUT2D eigenvalue weighted by Gasteiger charge is 2.41. The van der Waals surface area contributed by atoms with E-state index in [0.717, 1.165) is 11.4 Å². The normalized spacial score (nSPS) is 12.1. The molecule has 0 bridgehead atoms. The van der Waals surface area contributed by atoms with E-state index in [1.165, 1.54) is 91.9 Å². The molecule has 0 atom stereocenters. The lowest BCUT2D eigenvalue weighted by atomic mass is 10.1. The molecule has 3 heterocycles. The molecule has 0 amide bonds. The second-order valence-corrected chi connectivity index (χ2v) is 20.7. The Kier molecular flexibility index (Phi) is 8.23. The van der Waals surface area contributed by atoms with Crippen molar-refractivity contribution in [2.45, 2.75) is 0 Å². The maximum atomic E-state index is 2.46. The number of aromatic nitrogens is 3. The second kappa shape index (κ2) is 14.5. The number of nitrogens with zero attached hydrogens (tertiary/aromatic N) is 3. The molecular formula is C60H41N3Si. The zero-order valence-corrected chi connectivity index (χ0v) is 36.0. The molecule has 0 saturated heterocycles. The molecule has 3 nitrogen and oxygen atoms in total. The van der Waals surface area contributed by atoms with Crippen LogP contribution >= 0.6 is 0 Å². The summed E-state index contributed by atoms with van der Waals surface area (Å²) in [6.45, 7) is 0. The van der Waals surface area contributed by atoms with Crippen LogP contribution in [0.25, 0.3) is 82.5 Å². The van der Waals surface area contributed by atoms with Crippen LogP contribution in [-0.4, -0.2) is 21.8 Å². The van der Waals surface area contributed by atoms with Gasteiger partial charge in [-0.25, -0.2) is 0 Å². The van der Waals surface area contributed by atoms with Crippen molar-refractivity contribution in [3.8, 4) is 17.1 Å². The first-order valence-corrected chi connectivity index (χ1v) is 24.1. The highest BCUT2D eigenvalue weighted by molar-refractivity contribution is 7.19. The van der Waals surface area contributed by atoms with Gasteiger partial charge in [0.25, 0.3) is 0 Å². The van der Waals surface area contributed by atoms with Crippen LogP contribution < -0.4 is 20.7 Å². The Balaban J connectivity index is 1.03. The largest absolute Gasteiger partial charge is 0.309 e. The van der Waals surface area contributed by atoms with Gasteiger partial charge in [0.2, 0.25) is 0 Å². The topological polar surface area (TPSA) is 14.8 Å². The van der Waals surface area contributed by atoms with Crippen LogP contribution in [-0.2, 0) is 0 Å². The molecule has 4 heteroatoms. The van der Waals surface area contributed by atoms with Crippen molar-refractivity contribution in [2.24, 2.45) is 0 Å². The lowest BCUT2D eigenvalue weighted by molar-refractivity contribution is 1.15.